The van der Waals surface area contributed by atoms with E-state index in [1.807, 2.05) is 40.3 Å². The van der Waals surface area contributed by atoms with Gasteiger partial charge in [0, 0.05) is 26.4 Å². The maximum absolute atomic E-state index is 11.3. The topological polar surface area (TPSA) is 42.2 Å². The largest absolute Gasteiger partial charge is 0.478 e. The van der Waals surface area contributed by atoms with Gasteiger partial charge >= 0.3 is 5.97 Å². The highest BCUT2D eigenvalue weighted by atomic mass is 79.9. The van der Waals surface area contributed by atoms with Gasteiger partial charge in [0.2, 0.25) is 0 Å². The lowest BCUT2D eigenvalue weighted by atomic mass is 10.2. The van der Waals surface area contributed by atoms with Crippen molar-refractivity contribution in [2.45, 2.75) is 6.54 Å². The van der Waals surface area contributed by atoms with Crippen molar-refractivity contribution in [2.75, 3.05) is 0 Å². The SMILES string of the molecule is O=C(O)c1cn(Cc2sccc2Br)c2ccccc12. The summed E-state index contributed by atoms with van der Waals surface area (Å²) in [6, 6.07) is 9.58. The maximum Gasteiger partial charge on any atom is 0.337 e. The van der Waals surface area contributed by atoms with Crippen molar-refractivity contribution in [1.82, 2.24) is 4.57 Å². The molecule has 96 valence electrons. The number of hydrogen-bond acceptors (Lipinski definition) is 2. The van der Waals surface area contributed by atoms with E-state index in [1.165, 1.54) is 4.88 Å². The molecular weight excluding hydrogens is 326 g/mol. The van der Waals surface area contributed by atoms with E-state index in [0.717, 1.165) is 15.4 Å². The molecule has 3 aromatic rings. The summed E-state index contributed by atoms with van der Waals surface area (Å²) in [5, 5.41) is 12.1. The third-order valence-electron chi connectivity index (χ3n) is 3.02. The van der Waals surface area contributed by atoms with Crippen LogP contribution in [0.5, 0.6) is 0 Å². The lowest BCUT2D eigenvalue weighted by Crippen LogP contribution is -1.97. The third kappa shape index (κ3) is 2.19. The van der Waals surface area contributed by atoms with Crippen LogP contribution in [0, 0.1) is 0 Å². The molecule has 3 nitrogen and oxygen atoms in total. The summed E-state index contributed by atoms with van der Waals surface area (Å²) in [6.07, 6.45) is 1.71. The van der Waals surface area contributed by atoms with Crippen molar-refractivity contribution < 1.29 is 9.90 Å². The van der Waals surface area contributed by atoms with Gasteiger partial charge in [-0.05, 0) is 33.4 Å². The lowest BCUT2D eigenvalue weighted by molar-refractivity contribution is 0.0699. The van der Waals surface area contributed by atoms with Gasteiger partial charge in [0.1, 0.15) is 0 Å². The monoisotopic (exact) mass is 335 g/mol. The molecule has 0 radical (unpaired) electrons. The number of benzene rings is 1. The van der Waals surface area contributed by atoms with E-state index in [2.05, 4.69) is 15.9 Å². The van der Waals surface area contributed by atoms with Gasteiger partial charge in [-0.2, -0.15) is 0 Å². The molecule has 1 aromatic carbocycles. The number of carboxylic acid groups (broad SMARTS) is 1. The summed E-state index contributed by atoms with van der Waals surface area (Å²) < 4.78 is 3.04. The standard InChI is InChI=1S/C14H10BrNO2S/c15-11-5-6-19-13(11)8-16-7-10(14(17)18)9-3-1-2-4-12(9)16/h1-7H,8H2,(H,17,18). The fourth-order valence-electron chi connectivity index (χ4n) is 2.14. The number of aromatic carboxylic acids is 1. The Kier molecular flexibility index (Phi) is 3.16. The molecule has 5 heteroatoms. The van der Waals surface area contributed by atoms with Crippen LogP contribution in [0.3, 0.4) is 0 Å². The first kappa shape index (κ1) is 12.4. The molecule has 0 fully saturated rings. The molecule has 0 unspecified atom stereocenters. The van der Waals surface area contributed by atoms with Crippen LogP contribution in [0.15, 0.2) is 46.4 Å². The zero-order chi connectivity index (χ0) is 13.4. The van der Waals surface area contributed by atoms with E-state index in [-0.39, 0.29) is 0 Å². The molecule has 0 bridgehead atoms. The van der Waals surface area contributed by atoms with Gasteiger partial charge in [-0.3, -0.25) is 0 Å². The van der Waals surface area contributed by atoms with E-state index in [0.29, 0.717) is 12.1 Å². The number of carbonyl (C=O) groups is 1. The predicted molar refractivity (Wildman–Crippen MR) is 80.0 cm³/mol. The first-order valence-corrected chi connectivity index (χ1v) is 7.37. The summed E-state index contributed by atoms with van der Waals surface area (Å²) in [5.41, 5.74) is 1.29. The Morgan fingerprint density at radius 2 is 2.11 bits per heavy atom. The van der Waals surface area contributed by atoms with Crippen LogP contribution < -0.4 is 0 Å². The molecule has 0 aliphatic carbocycles. The molecule has 2 aromatic heterocycles. The number of para-hydroxylation sites is 1. The normalized spacial score (nSPS) is 11.0. The van der Waals surface area contributed by atoms with Crippen molar-refractivity contribution in [1.29, 1.82) is 0 Å². The highest BCUT2D eigenvalue weighted by molar-refractivity contribution is 9.10. The van der Waals surface area contributed by atoms with Crippen molar-refractivity contribution in [3.05, 3.63) is 56.8 Å². The van der Waals surface area contributed by atoms with Crippen LogP contribution >= 0.6 is 27.3 Å². The minimum absolute atomic E-state index is 0.350. The molecular formula is C14H10BrNO2S. The van der Waals surface area contributed by atoms with Crippen molar-refractivity contribution in [2.24, 2.45) is 0 Å². The number of halogens is 1. The number of carboxylic acids is 1. The summed E-state index contributed by atoms with van der Waals surface area (Å²) in [5.74, 6) is -0.889. The zero-order valence-corrected chi connectivity index (χ0v) is 12.2. The predicted octanol–water partition coefficient (Wildman–Crippen LogP) is 4.21. The van der Waals surface area contributed by atoms with Crippen LogP contribution in [0.2, 0.25) is 0 Å². The van der Waals surface area contributed by atoms with E-state index in [4.69, 9.17) is 0 Å². The zero-order valence-electron chi connectivity index (χ0n) is 9.84. The maximum atomic E-state index is 11.3. The Balaban J connectivity index is 2.14. The number of aromatic nitrogens is 1. The summed E-state index contributed by atoms with van der Waals surface area (Å²) in [4.78, 5) is 12.5. The Hall–Kier alpha value is -1.59. The number of hydrogen-bond donors (Lipinski definition) is 1. The molecule has 0 spiro atoms. The molecule has 0 amide bonds. The van der Waals surface area contributed by atoms with Crippen LogP contribution in [0.1, 0.15) is 15.2 Å². The van der Waals surface area contributed by atoms with E-state index in [9.17, 15) is 9.90 Å². The molecule has 0 aliphatic rings. The fraction of sp³-hybridized carbons (Fsp3) is 0.0714. The van der Waals surface area contributed by atoms with Gasteiger partial charge in [-0.1, -0.05) is 18.2 Å². The summed E-state index contributed by atoms with van der Waals surface area (Å²) in [7, 11) is 0. The second kappa shape index (κ2) is 4.83. The highest BCUT2D eigenvalue weighted by Gasteiger charge is 2.14. The first-order valence-electron chi connectivity index (χ1n) is 5.70. The number of fused-ring (bicyclic) bond motifs is 1. The molecule has 0 atom stereocenters. The van der Waals surface area contributed by atoms with Gasteiger partial charge in [0.15, 0.2) is 0 Å². The van der Waals surface area contributed by atoms with E-state index >= 15 is 0 Å². The van der Waals surface area contributed by atoms with Gasteiger partial charge in [-0.25, -0.2) is 4.79 Å². The van der Waals surface area contributed by atoms with E-state index < -0.39 is 5.97 Å². The molecule has 0 saturated carbocycles. The average Bonchev–Trinajstić information content (AvgIpc) is 2.96. The van der Waals surface area contributed by atoms with Crippen LogP contribution in [-0.4, -0.2) is 15.6 Å². The van der Waals surface area contributed by atoms with Gasteiger partial charge in [0.25, 0.3) is 0 Å². The van der Waals surface area contributed by atoms with Gasteiger partial charge in [0.05, 0.1) is 12.1 Å². The number of nitrogens with zero attached hydrogens (tertiary/aromatic N) is 1. The molecule has 2 heterocycles. The molecule has 1 N–H and O–H groups in total. The smallest absolute Gasteiger partial charge is 0.337 e. The summed E-state index contributed by atoms with van der Waals surface area (Å²) >= 11 is 5.16. The number of thiophene rings is 1. The second-order valence-electron chi connectivity index (χ2n) is 4.18. The Morgan fingerprint density at radius 1 is 1.32 bits per heavy atom. The minimum Gasteiger partial charge on any atom is -0.478 e. The van der Waals surface area contributed by atoms with Crippen LogP contribution in [0.4, 0.5) is 0 Å². The molecule has 19 heavy (non-hydrogen) atoms. The van der Waals surface area contributed by atoms with Crippen molar-refractivity contribution in [3.8, 4) is 0 Å². The Labute approximate surface area is 122 Å². The van der Waals surface area contributed by atoms with Crippen LogP contribution in [0.25, 0.3) is 10.9 Å². The highest BCUT2D eigenvalue weighted by Crippen LogP contribution is 2.27. The Morgan fingerprint density at radius 3 is 2.79 bits per heavy atom. The number of rotatable bonds is 3. The van der Waals surface area contributed by atoms with Crippen LogP contribution in [-0.2, 0) is 6.54 Å². The first-order chi connectivity index (χ1) is 9.16. The molecule has 0 saturated heterocycles. The summed E-state index contributed by atoms with van der Waals surface area (Å²) in [6.45, 7) is 0.673. The van der Waals surface area contributed by atoms with Gasteiger partial charge < -0.3 is 9.67 Å². The van der Waals surface area contributed by atoms with Gasteiger partial charge in [-0.15, -0.1) is 11.3 Å². The molecule has 0 aliphatic heterocycles. The second-order valence-corrected chi connectivity index (χ2v) is 6.04. The fourth-order valence-corrected chi connectivity index (χ4v) is 3.62. The van der Waals surface area contributed by atoms with Crippen molar-refractivity contribution in [3.63, 3.8) is 0 Å². The third-order valence-corrected chi connectivity index (χ3v) is 4.94. The average molecular weight is 336 g/mol. The Bertz CT molecular complexity index is 760. The molecule has 3 rings (SSSR count). The quantitative estimate of drug-likeness (QED) is 0.778. The minimum atomic E-state index is -0.889. The van der Waals surface area contributed by atoms with E-state index in [1.54, 1.807) is 17.5 Å². The van der Waals surface area contributed by atoms with Crippen molar-refractivity contribution >= 4 is 44.1 Å². The lowest BCUT2D eigenvalue weighted by Gasteiger charge is -2.03.